The molecule has 20 heavy (non-hydrogen) atoms. The third kappa shape index (κ3) is 8.53. The van der Waals surface area contributed by atoms with Gasteiger partial charge in [0.05, 0.1) is 6.61 Å². The van der Waals surface area contributed by atoms with Crippen LogP contribution in [0, 0.1) is 5.92 Å². The van der Waals surface area contributed by atoms with Crippen LogP contribution in [-0.2, 0) is 11.2 Å². The summed E-state index contributed by atoms with van der Waals surface area (Å²) < 4.78 is 5.55. The van der Waals surface area contributed by atoms with Gasteiger partial charge in [0, 0.05) is 19.7 Å². The van der Waals surface area contributed by atoms with Gasteiger partial charge in [-0.05, 0) is 24.3 Å². The van der Waals surface area contributed by atoms with Gasteiger partial charge in [-0.15, -0.1) is 0 Å². The molecule has 1 rings (SSSR count). The monoisotopic (exact) mass is 278 g/mol. The first-order valence-electron chi connectivity index (χ1n) is 7.32. The molecule has 2 amide bonds. The number of rotatable bonds is 9. The van der Waals surface area contributed by atoms with Crippen molar-refractivity contribution in [2.24, 2.45) is 5.92 Å². The second kappa shape index (κ2) is 10.3. The molecule has 4 nitrogen and oxygen atoms in total. The zero-order valence-corrected chi connectivity index (χ0v) is 12.5. The van der Waals surface area contributed by atoms with Crippen molar-refractivity contribution >= 4 is 6.03 Å². The summed E-state index contributed by atoms with van der Waals surface area (Å²) in [4.78, 5) is 11.4. The zero-order valence-electron chi connectivity index (χ0n) is 12.5. The molecule has 0 saturated carbocycles. The Morgan fingerprint density at radius 1 is 1.15 bits per heavy atom. The smallest absolute Gasteiger partial charge is 0.314 e. The van der Waals surface area contributed by atoms with Gasteiger partial charge < -0.3 is 15.4 Å². The van der Waals surface area contributed by atoms with Crippen molar-refractivity contribution in [3.05, 3.63) is 35.9 Å². The fourth-order valence-corrected chi connectivity index (χ4v) is 1.67. The van der Waals surface area contributed by atoms with Crippen LogP contribution in [0.3, 0.4) is 0 Å². The summed E-state index contributed by atoms with van der Waals surface area (Å²) in [6.07, 6.45) is 1.77. The molecule has 0 radical (unpaired) electrons. The van der Waals surface area contributed by atoms with Crippen molar-refractivity contribution in [2.45, 2.75) is 26.7 Å². The van der Waals surface area contributed by atoms with Crippen molar-refractivity contribution in [1.82, 2.24) is 10.6 Å². The number of amides is 2. The SMILES string of the molecule is CC(C)CNC(=O)NCCCOCCc1ccccc1. The summed E-state index contributed by atoms with van der Waals surface area (Å²) >= 11 is 0. The van der Waals surface area contributed by atoms with E-state index in [1.807, 2.05) is 18.2 Å². The average molecular weight is 278 g/mol. The van der Waals surface area contributed by atoms with Crippen LogP contribution >= 0.6 is 0 Å². The van der Waals surface area contributed by atoms with Crippen LogP contribution in [-0.4, -0.2) is 32.3 Å². The maximum atomic E-state index is 11.4. The molecule has 0 spiro atoms. The Balaban J connectivity index is 1.91. The zero-order chi connectivity index (χ0) is 14.6. The Hall–Kier alpha value is -1.55. The molecule has 0 atom stereocenters. The minimum absolute atomic E-state index is 0.0945. The molecule has 0 heterocycles. The van der Waals surface area contributed by atoms with Crippen LogP contribution in [0.4, 0.5) is 4.79 Å². The van der Waals surface area contributed by atoms with Gasteiger partial charge in [0.25, 0.3) is 0 Å². The van der Waals surface area contributed by atoms with E-state index >= 15 is 0 Å². The molecule has 4 heteroatoms. The summed E-state index contributed by atoms with van der Waals surface area (Å²) in [5.74, 6) is 0.474. The van der Waals surface area contributed by atoms with E-state index in [0.717, 1.165) is 19.4 Å². The fraction of sp³-hybridized carbons (Fsp3) is 0.562. The first-order valence-corrected chi connectivity index (χ1v) is 7.32. The van der Waals surface area contributed by atoms with Crippen molar-refractivity contribution in [2.75, 3.05) is 26.3 Å². The quantitative estimate of drug-likeness (QED) is 0.682. The average Bonchev–Trinajstić information content (AvgIpc) is 2.45. The van der Waals surface area contributed by atoms with E-state index in [2.05, 4.69) is 36.6 Å². The maximum Gasteiger partial charge on any atom is 0.314 e. The van der Waals surface area contributed by atoms with Crippen molar-refractivity contribution in [3.63, 3.8) is 0 Å². The molecule has 1 aromatic rings. The molecule has 0 aromatic heterocycles. The van der Waals surface area contributed by atoms with E-state index in [1.54, 1.807) is 0 Å². The highest BCUT2D eigenvalue weighted by atomic mass is 16.5. The Labute approximate surface area is 121 Å². The lowest BCUT2D eigenvalue weighted by Crippen LogP contribution is -2.38. The molecular weight excluding hydrogens is 252 g/mol. The van der Waals surface area contributed by atoms with Crippen molar-refractivity contribution in [3.8, 4) is 0 Å². The van der Waals surface area contributed by atoms with Gasteiger partial charge >= 0.3 is 6.03 Å². The first kappa shape index (κ1) is 16.5. The van der Waals surface area contributed by atoms with Crippen molar-refractivity contribution < 1.29 is 9.53 Å². The van der Waals surface area contributed by atoms with E-state index in [9.17, 15) is 4.79 Å². The van der Waals surface area contributed by atoms with Gasteiger partial charge in [-0.1, -0.05) is 44.2 Å². The van der Waals surface area contributed by atoms with Gasteiger partial charge in [-0.25, -0.2) is 4.79 Å². The van der Waals surface area contributed by atoms with E-state index in [0.29, 0.717) is 25.6 Å². The van der Waals surface area contributed by atoms with Gasteiger partial charge in [-0.2, -0.15) is 0 Å². The lowest BCUT2D eigenvalue weighted by atomic mass is 10.2. The number of carbonyl (C=O) groups excluding carboxylic acids is 1. The van der Waals surface area contributed by atoms with E-state index in [4.69, 9.17) is 4.74 Å². The molecule has 0 saturated heterocycles. The normalized spacial score (nSPS) is 10.6. The molecule has 0 aliphatic heterocycles. The first-order chi connectivity index (χ1) is 9.68. The van der Waals surface area contributed by atoms with E-state index in [-0.39, 0.29) is 6.03 Å². The molecule has 0 unspecified atom stereocenters. The number of hydrogen-bond donors (Lipinski definition) is 2. The summed E-state index contributed by atoms with van der Waals surface area (Å²) in [7, 11) is 0. The molecular formula is C16H26N2O2. The predicted molar refractivity (Wildman–Crippen MR) is 81.8 cm³/mol. The van der Waals surface area contributed by atoms with Crippen LogP contribution in [0.15, 0.2) is 30.3 Å². The van der Waals surface area contributed by atoms with Crippen LogP contribution < -0.4 is 10.6 Å². The molecule has 0 aliphatic rings. The number of ether oxygens (including phenoxy) is 1. The number of carbonyl (C=O) groups is 1. The number of benzene rings is 1. The van der Waals surface area contributed by atoms with Gasteiger partial charge in [-0.3, -0.25) is 0 Å². The second-order valence-corrected chi connectivity index (χ2v) is 5.23. The lowest BCUT2D eigenvalue weighted by molar-refractivity contribution is 0.135. The molecule has 1 aromatic carbocycles. The highest BCUT2D eigenvalue weighted by Gasteiger charge is 2.00. The van der Waals surface area contributed by atoms with Crippen LogP contribution in [0.2, 0.25) is 0 Å². The topological polar surface area (TPSA) is 50.4 Å². The lowest BCUT2D eigenvalue weighted by Gasteiger charge is -2.09. The summed E-state index contributed by atoms with van der Waals surface area (Å²) in [5.41, 5.74) is 1.29. The van der Waals surface area contributed by atoms with E-state index < -0.39 is 0 Å². The summed E-state index contributed by atoms with van der Waals surface area (Å²) in [6.45, 7) is 6.90. The summed E-state index contributed by atoms with van der Waals surface area (Å²) in [6, 6.07) is 10.2. The minimum atomic E-state index is -0.0945. The van der Waals surface area contributed by atoms with Gasteiger partial charge in [0.15, 0.2) is 0 Å². The largest absolute Gasteiger partial charge is 0.381 e. The maximum absolute atomic E-state index is 11.4. The van der Waals surface area contributed by atoms with E-state index in [1.165, 1.54) is 5.56 Å². The van der Waals surface area contributed by atoms with Gasteiger partial charge in [0.2, 0.25) is 0 Å². The second-order valence-electron chi connectivity index (χ2n) is 5.23. The molecule has 0 bridgehead atoms. The Kier molecular flexibility index (Phi) is 8.47. The standard InChI is InChI=1S/C16H26N2O2/c1-14(2)13-18-16(19)17-10-6-11-20-12-9-15-7-4-3-5-8-15/h3-5,7-8,14H,6,9-13H2,1-2H3,(H2,17,18,19). The number of urea groups is 1. The molecule has 0 aliphatic carbocycles. The Morgan fingerprint density at radius 3 is 2.60 bits per heavy atom. The van der Waals surface area contributed by atoms with Crippen LogP contribution in [0.1, 0.15) is 25.8 Å². The van der Waals surface area contributed by atoms with Crippen LogP contribution in [0.5, 0.6) is 0 Å². The van der Waals surface area contributed by atoms with Crippen LogP contribution in [0.25, 0.3) is 0 Å². The number of hydrogen-bond acceptors (Lipinski definition) is 2. The highest BCUT2D eigenvalue weighted by Crippen LogP contribution is 1.99. The number of nitrogens with one attached hydrogen (secondary N) is 2. The Bertz CT molecular complexity index is 366. The predicted octanol–water partition coefficient (Wildman–Crippen LogP) is 2.59. The summed E-state index contributed by atoms with van der Waals surface area (Å²) in [5, 5.41) is 5.63. The fourth-order valence-electron chi connectivity index (χ4n) is 1.67. The Morgan fingerprint density at radius 2 is 1.90 bits per heavy atom. The molecule has 0 fully saturated rings. The third-order valence-electron chi connectivity index (χ3n) is 2.80. The molecule has 2 N–H and O–H groups in total. The van der Waals surface area contributed by atoms with Gasteiger partial charge in [0.1, 0.15) is 0 Å². The van der Waals surface area contributed by atoms with Crippen molar-refractivity contribution in [1.29, 1.82) is 0 Å². The minimum Gasteiger partial charge on any atom is -0.381 e. The highest BCUT2D eigenvalue weighted by molar-refractivity contribution is 5.73. The third-order valence-corrected chi connectivity index (χ3v) is 2.80. The molecule has 112 valence electrons.